The molecule has 132 valence electrons. The van der Waals surface area contributed by atoms with Gasteiger partial charge in [0.2, 0.25) is 0 Å². The largest absolute Gasteiger partial charge is 0.484 e. The summed E-state index contributed by atoms with van der Waals surface area (Å²) < 4.78 is 23.6. The van der Waals surface area contributed by atoms with Gasteiger partial charge in [-0.15, -0.1) is 0 Å². The number of ether oxygens (including phenoxy) is 2. The molecule has 0 spiro atoms. The fraction of sp³-hybridized carbons (Fsp3) is 0.278. The number of hydrogen-bond acceptors (Lipinski definition) is 4. The second-order valence-corrected chi connectivity index (χ2v) is 5.99. The van der Waals surface area contributed by atoms with Gasteiger partial charge in [-0.05, 0) is 42.5 Å². The van der Waals surface area contributed by atoms with E-state index in [1.165, 1.54) is 24.3 Å². The van der Waals surface area contributed by atoms with Crippen LogP contribution in [0.4, 0.5) is 15.8 Å². The first kappa shape index (κ1) is 17.5. The fourth-order valence-electron chi connectivity index (χ4n) is 2.55. The molecule has 1 fully saturated rings. The van der Waals surface area contributed by atoms with E-state index in [4.69, 9.17) is 21.1 Å². The highest BCUT2D eigenvalue weighted by Crippen LogP contribution is 2.29. The van der Waals surface area contributed by atoms with E-state index in [0.717, 1.165) is 18.8 Å². The molecule has 0 aliphatic carbocycles. The summed E-state index contributed by atoms with van der Waals surface area (Å²) in [6.07, 6.45) is 0. The second kappa shape index (κ2) is 8.18. The van der Waals surface area contributed by atoms with Crippen LogP contribution in [0.15, 0.2) is 42.5 Å². The standard InChI is InChI=1S/C18H18ClFN2O3/c19-13-1-6-17(22-7-9-24-10-8-22)16(11-13)21-18(23)12-25-15-4-2-14(20)3-5-15/h1-6,11H,7-10,12H2,(H,21,23). The van der Waals surface area contributed by atoms with E-state index in [2.05, 4.69) is 10.2 Å². The highest BCUT2D eigenvalue weighted by atomic mass is 35.5. The number of halogens is 2. The quantitative estimate of drug-likeness (QED) is 0.884. The summed E-state index contributed by atoms with van der Waals surface area (Å²) in [6.45, 7) is 2.60. The van der Waals surface area contributed by atoms with Gasteiger partial charge in [0.15, 0.2) is 6.61 Å². The molecule has 1 heterocycles. The molecule has 0 radical (unpaired) electrons. The Hall–Kier alpha value is -2.31. The van der Waals surface area contributed by atoms with Crippen LogP contribution < -0.4 is 15.0 Å². The Morgan fingerprint density at radius 3 is 2.64 bits per heavy atom. The zero-order valence-corrected chi connectivity index (χ0v) is 14.3. The van der Waals surface area contributed by atoms with Gasteiger partial charge in [0, 0.05) is 18.1 Å². The Kier molecular flexibility index (Phi) is 5.73. The number of morpholine rings is 1. The summed E-state index contributed by atoms with van der Waals surface area (Å²) in [6, 6.07) is 10.9. The first-order valence-electron chi connectivity index (χ1n) is 7.92. The van der Waals surface area contributed by atoms with Crippen LogP contribution in [0.25, 0.3) is 0 Å². The second-order valence-electron chi connectivity index (χ2n) is 5.55. The lowest BCUT2D eigenvalue weighted by Gasteiger charge is -2.30. The third-order valence-electron chi connectivity index (χ3n) is 3.77. The lowest BCUT2D eigenvalue weighted by atomic mass is 10.2. The predicted octanol–water partition coefficient (Wildman–Crippen LogP) is 3.33. The van der Waals surface area contributed by atoms with Gasteiger partial charge in [-0.1, -0.05) is 11.6 Å². The van der Waals surface area contributed by atoms with Crippen LogP contribution in [0, 0.1) is 5.82 Å². The molecular weight excluding hydrogens is 347 g/mol. The Balaban J connectivity index is 1.65. The van der Waals surface area contributed by atoms with E-state index in [1.807, 2.05) is 6.07 Å². The van der Waals surface area contributed by atoms with Crippen molar-refractivity contribution in [2.75, 3.05) is 43.1 Å². The number of carbonyl (C=O) groups excluding carboxylic acids is 1. The number of benzene rings is 2. The topological polar surface area (TPSA) is 50.8 Å². The molecule has 2 aromatic carbocycles. The highest BCUT2D eigenvalue weighted by Gasteiger charge is 2.16. The molecule has 1 N–H and O–H groups in total. The van der Waals surface area contributed by atoms with E-state index >= 15 is 0 Å². The molecule has 7 heteroatoms. The Morgan fingerprint density at radius 2 is 1.92 bits per heavy atom. The van der Waals surface area contributed by atoms with Gasteiger partial charge in [-0.2, -0.15) is 0 Å². The number of rotatable bonds is 5. The molecule has 0 unspecified atom stereocenters. The van der Waals surface area contributed by atoms with Crippen molar-refractivity contribution < 1.29 is 18.7 Å². The van der Waals surface area contributed by atoms with Gasteiger partial charge in [-0.25, -0.2) is 4.39 Å². The molecule has 0 atom stereocenters. The molecule has 25 heavy (non-hydrogen) atoms. The first-order valence-corrected chi connectivity index (χ1v) is 8.30. The van der Waals surface area contributed by atoms with Crippen molar-refractivity contribution in [3.8, 4) is 5.75 Å². The van der Waals surface area contributed by atoms with Crippen LogP contribution in [0.2, 0.25) is 5.02 Å². The fourth-order valence-corrected chi connectivity index (χ4v) is 2.73. The van der Waals surface area contributed by atoms with Gasteiger partial charge < -0.3 is 19.7 Å². The Labute approximate surface area is 150 Å². The number of carbonyl (C=O) groups is 1. The van der Waals surface area contributed by atoms with Crippen molar-refractivity contribution in [2.45, 2.75) is 0 Å². The number of anilines is 2. The Morgan fingerprint density at radius 1 is 1.20 bits per heavy atom. The average molecular weight is 365 g/mol. The van der Waals surface area contributed by atoms with Crippen LogP contribution in [-0.4, -0.2) is 38.8 Å². The summed E-state index contributed by atoms with van der Waals surface area (Å²) >= 11 is 6.07. The monoisotopic (exact) mass is 364 g/mol. The van der Waals surface area contributed by atoms with Gasteiger partial charge in [0.05, 0.1) is 24.6 Å². The summed E-state index contributed by atoms with van der Waals surface area (Å²) in [4.78, 5) is 14.3. The molecule has 1 saturated heterocycles. The average Bonchev–Trinajstić information content (AvgIpc) is 2.62. The van der Waals surface area contributed by atoms with Crippen LogP contribution in [0.5, 0.6) is 5.75 Å². The molecule has 1 amide bonds. The third kappa shape index (κ3) is 4.84. The normalized spacial score (nSPS) is 14.2. The molecule has 1 aliphatic heterocycles. The number of hydrogen-bond donors (Lipinski definition) is 1. The minimum Gasteiger partial charge on any atom is -0.484 e. The zero-order chi connectivity index (χ0) is 17.6. The number of nitrogens with zero attached hydrogens (tertiary/aromatic N) is 1. The van der Waals surface area contributed by atoms with E-state index in [0.29, 0.717) is 29.7 Å². The van der Waals surface area contributed by atoms with E-state index in [-0.39, 0.29) is 18.3 Å². The smallest absolute Gasteiger partial charge is 0.262 e. The molecular formula is C18H18ClFN2O3. The summed E-state index contributed by atoms with van der Waals surface area (Å²) in [5.74, 6) is -0.247. The molecule has 0 aromatic heterocycles. The lowest BCUT2D eigenvalue weighted by Crippen LogP contribution is -2.37. The van der Waals surface area contributed by atoms with E-state index < -0.39 is 0 Å². The van der Waals surface area contributed by atoms with Crippen LogP contribution >= 0.6 is 11.6 Å². The maximum Gasteiger partial charge on any atom is 0.262 e. The van der Waals surface area contributed by atoms with Crippen molar-refractivity contribution in [3.05, 3.63) is 53.3 Å². The van der Waals surface area contributed by atoms with Gasteiger partial charge in [-0.3, -0.25) is 4.79 Å². The lowest BCUT2D eigenvalue weighted by molar-refractivity contribution is -0.118. The zero-order valence-electron chi connectivity index (χ0n) is 13.5. The van der Waals surface area contributed by atoms with Crippen LogP contribution in [0.1, 0.15) is 0 Å². The minimum absolute atomic E-state index is 0.180. The molecule has 2 aromatic rings. The summed E-state index contributed by atoms with van der Waals surface area (Å²) in [5, 5.41) is 3.36. The van der Waals surface area contributed by atoms with Crippen molar-refractivity contribution in [1.29, 1.82) is 0 Å². The van der Waals surface area contributed by atoms with E-state index in [1.54, 1.807) is 12.1 Å². The van der Waals surface area contributed by atoms with Gasteiger partial charge >= 0.3 is 0 Å². The van der Waals surface area contributed by atoms with Gasteiger partial charge in [0.1, 0.15) is 11.6 Å². The van der Waals surface area contributed by atoms with Gasteiger partial charge in [0.25, 0.3) is 5.91 Å². The van der Waals surface area contributed by atoms with Crippen molar-refractivity contribution >= 4 is 28.9 Å². The first-order chi connectivity index (χ1) is 12.1. The maximum absolute atomic E-state index is 12.9. The predicted molar refractivity (Wildman–Crippen MR) is 95.0 cm³/mol. The van der Waals surface area contributed by atoms with Crippen molar-refractivity contribution in [3.63, 3.8) is 0 Å². The molecule has 5 nitrogen and oxygen atoms in total. The molecule has 0 saturated carbocycles. The van der Waals surface area contributed by atoms with E-state index in [9.17, 15) is 9.18 Å². The third-order valence-corrected chi connectivity index (χ3v) is 4.00. The van der Waals surface area contributed by atoms with Crippen LogP contribution in [0.3, 0.4) is 0 Å². The highest BCUT2D eigenvalue weighted by molar-refractivity contribution is 6.31. The SMILES string of the molecule is O=C(COc1ccc(F)cc1)Nc1cc(Cl)ccc1N1CCOCC1. The molecule has 0 bridgehead atoms. The molecule has 1 aliphatic rings. The van der Waals surface area contributed by atoms with Crippen LogP contribution in [-0.2, 0) is 9.53 Å². The number of amides is 1. The maximum atomic E-state index is 12.9. The molecule has 3 rings (SSSR count). The van der Waals surface area contributed by atoms with Crippen molar-refractivity contribution in [2.24, 2.45) is 0 Å². The minimum atomic E-state index is -0.356. The summed E-state index contributed by atoms with van der Waals surface area (Å²) in [5.41, 5.74) is 1.52. The van der Waals surface area contributed by atoms with Crippen molar-refractivity contribution in [1.82, 2.24) is 0 Å². The summed E-state index contributed by atoms with van der Waals surface area (Å²) in [7, 11) is 0. The Bertz CT molecular complexity index is 734. The number of nitrogens with one attached hydrogen (secondary N) is 1.